The number of hydrogen-bond donors (Lipinski definition) is 1. The number of hydrogen-bond acceptors (Lipinski definition) is 4. The van der Waals surface area contributed by atoms with Crippen molar-refractivity contribution in [3.63, 3.8) is 0 Å². The third kappa shape index (κ3) is 2.16. The van der Waals surface area contributed by atoms with E-state index in [9.17, 15) is 4.79 Å². The molecule has 0 saturated carbocycles. The normalized spacial score (nSPS) is 20.4. The summed E-state index contributed by atoms with van der Waals surface area (Å²) >= 11 is 1.56. The molecule has 1 N–H and O–H groups in total. The van der Waals surface area contributed by atoms with E-state index in [1.165, 1.54) is 0 Å². The second-order valence-electron chi connectivity index (χ2n) is 5.50. The van der Waals surface area contributed by atoms with Gasteiger partial charge in [-0.15, -0.1) is 0 Å². The van der Waals surface area contributed by atoms with Crippen LogP contribution in [0, 0.1) is 5.41 Å². The van der Waals surface area contributed by atoms with Crippen molar-refractivity contribution in [3.05, 3.63) is 65.2 Å². The molecule has 1 fully saturated rings. The summed E-state index contributed by atoms with van der Waals surface area (Å²) in [7, 11) is 1.95. The van der Waals surface area contributed by atoms with Gasteiger partial charge in [0.15, 0.2) is 5.78 Å². The third-order valence-corrected chi connectivity index (χ3v) is 5.34. The van der Waals surface area contributed by atoms with Crippen LogP contribution in [0.5, 0.6) is 0 Å². The Kier molecular flexibility index (Phi) is 3.23. The van der Waals surface area contributed by atoms with Crippen molar-refractivity contribution in [2.24, 2.45) is 0 Å². The Morgan fingerprint density at radius 2 is 1.74 bits per heavy atom. The highest BCUT2D eigenvalue weighted by Gasteiger charge is 2.37. The largest absolute Gasteiger partial charge is 0.337 e. The molecule has 2 aromatic carbocycles. The molecule has 0 bridgehead atoms. The fourth-order valence-electron chi connectivity index (χ4n) is 2.94. The molecule has 23 heavy (non-hydrogen) atoms. The third-order valence-electron chi connectivity index (χ3n) is 4.11. The van der Waals surface area contributed by atoms with Gasteiger partial charge in [0.25, 0.3) is 0 Å². The predicted octanol–water partition coefficient (Wildman–Crippen LogP) is 3.51. The van der Waals surface area contributed by atoms with E-state index < -0.39 is 0 Å². The van der Waals surface area contributed by atoms with E-state index in [4.69, 9.17) is 5.41 Å². The smallest absolute Gasteiger partial charge is 0.188 e. The number of Topliss-reactive ketones (excluding diaryl/α,β-unsaturated/α-hetero) is 1. The molecular weight excluding hydrogens is 306 g/mol. The van der Waals surface area contributed by atoms with Crippen LogP contribution in [-0.2, 0) is 4.79 Å². The number of carbonyl (C=O) groups is 1. The first-order valence-corrected chi connectivity index (χ1v) is 8.18. The zero-order valence-corrected chi connectivity index (χ0v) is 13.4. The second kappa shape index (κ2) is 5.28. The van der Waals surface area contributed by atoms with E-state index in [1.807, 2.05) is 66.5 Å². The molecule has 0 aliphatic carbocycles. The van der Waals surface area contributed by atoms with Crippen LogP contribution in [0.2, 0.25) is 0 Å². The number of thioether (sulfide) groups is 1. The minimum Gasteiger partial charge on any atom is -0.337 e. The Hall–Kier alpha value is -2.53. The predicted molar refractivity (Wildman–Crippen MR) is 94.2 cm³/mol. The van der Waals surface area contributed by atoms with Gasteiger partial charge in [0.2, 0.25) is 0 Å². The quantitative estimate of drug-likeness (QED) is 0.817. The number of para-hydroxylation sites is 2. The average Bonchev–Trinajstić information content (AvgIpc) is 3.05. The van der Waals surface area contributed by atoms with Crippen molar-refractivity contribution in [2.75, 3.05) is 23.4 Å². The van der Waals surface area contributed by atoms with Crippen LogP contribution in [0.1, 0.15) is 0 Å². The van der Waals surface area contributed by atoms with Gasteiger partial charge in [-0.25, -0.2) is 0 Å². The molecule has 0 amide bonds. The Morgan fingerprint density at radius 1 is 1.04 bits per heavy atom. The highest BCUT2D eigenvalue weighted by atomic mass is 32.2. The van der Waals surface area contributed by atoms with Crippen LogP contribution in [0.25, 0.3) is 0 Å². The number of nitrogens with zero attached hydrogens (tertiary/aromatic N) is 2. The number of ketones is 1. The van der Waals surface area contributed by atoms with Gasteiger partial charge in [-0.05, 0) is 24.3 Å². The van der Waals surface area contributed by atoms with E-state index >= 15 is 0 Å². The maximum Gasteiger partial charge on any atom is 0.188 e. The lowest BCUT2D eigenvalue weighted by Gasteiger charge is -2.18. The SMILES string of the molecule is CN1/C(=C2/C(=N)N(c3ccccc3)CC2=O)Sc2ccccc21. The Morgan fingerprint density at radius 3 is 2.48 bits per heavy atom. The molecule has 4 rings (SSSR count). The monoisotopic (exact) mass is 321 g/mol. The first-order chi connectivity index (χ1) is 11.2. The maximum atomic E-state index is 12.6. The fraction of sp³-hybridized carbons (Fsp3) is 0.111. The van der Waals surface area contributed by atoms with Crippen LogP contribution in [-0.4, -0.2) is 25.2 Å². The molecule has 114 valence electrons. The number of carbonyl (C=O) groups excluding carboxylic acids is 1. The van der Waals surface area contributed by atoms with Crippen molar-refractivity contribution in [3.8, 4) is 0 Å². The molecule has 0 atom stereocenters. The highest BCUT2D eigenvalue weighted by molar-refractivity contribution is 8.03. The lowest BCUT2D eigenvalue weighted by atomic mass is 10.2. The molecule has 4 nitrogen and oxygen atoms in total. The summed E-state index contributed by atoms with van der Waals surface area (Å²) in [6, 6.07) is 17.7. The van der Waals surface area contributed by atoms with E-state index in [2.05, 4.69) is 0 Å². The molecular formula is C18H15N3OS. The molecule has 2 aliphatic rings. The molecule has 1 saturated heterocycles. The summed E-state index contributed by atoms with van der Waals surface area (Å²) in [5, 5.41) is 9.35. The first-order valence-electron chi connectivity index (χ1n) is 7.36. The number of rotatable bonds is 1. The van der Waals surface area contributed by atoms with Gasteiger partial charge >= 0.3 is 0 Å². The zero-order chi connectivity index (χ0) is 16.0. The molecule has 5 heteroatoms. The summed E-state index contributed by atoms with van der Waals surface area (Å²) in [5.74, 6) is 0.282. The summed E-state index contributed by atoms with van der Waals surface area (Å²) < 4.78 is 0. The maximum absolute atomic E-state index is 12.6. The zero-order valence-electron chi connectivity index (χ0n) is 12.6. The van der Waals surface area contributed by atoms with Crippen molar-refractivity contribution in [1.82, 2.24) is 0 Å². The summed E-state index contributed by atoms with van der Waals surface area (Å²) in [5.41, 5.74) is 2.47. The highest BCUT2D eigenvalue weighted by Crippen LogP contribution is 2.47. The van der Waals surface area contributed by atoms with Crippen molar-refractivity contribution >= 4 is 34.8 Å². The number of fused-ring (bicyclic) bond motifs is 1. The van der Waals surface area contributed by atoms with Crippen LogP contribution in [0.15, 0.2) is 70.1 Å². The van der Waals surface area contributed by atoms with E-state index in [0.29, 0.717) is 5.57 Å². The second-order valence-corrected chi connectivity index (χ2v) is 6.53. The van der Waals surface area contributed by atoms with E-state index in [1.54, 1.807) is 16.7 Å². The lowest BCUT2D eigenvalue weighted by molar-refractivity contribution is -0.113. The van der Waals surface area contributed by atoms with Crippen molar-refractivity contribution < 1.29 is 4.79 Å². The summed E-state index contributed by atoms with van der Waals surface area (Å²) in [6.45, 7) is 0.229. The minimum absolute atomic E-state index is 0.000934. The topological polar surface area (TPSA) is 47.4 Å². The standard InChI is InChI=1S/C18H15N3OS/c1-20-13-9-5-6-10-15(13)23-18(20)16-14(22)11-21(17(16)19)12-7-3-2-4-8-12/h2-10,19H,11H2,1H3/b18-16-,19-17?. The number of anilines is 2. The van der Waals surface area contributed by atoms with Gasteiger partial charge in [-0.3, -0.25) is 10.2 Å². The molecule has 0 radical (unpaired) electrons. The molecule has 2 aromatic rings. The Labute approximate surface area is 138 Å². The Balaban J connectivity index is 1.76. The van der Waals surface area contributed by atoms with Gasteiger partial charge in [0.1, 0.15) is 5.84 Å². The van der Waals surface area contributed by atoms with Gasteiger partial charge in [-0.1, -0.05) is 42.1 Å². The first kappa shape index (κ1) is 14.1. The minimum atomic E-state index is 0.000934. The van der Waals surface area contributed by atoms with Gasteiger partial charge < -0.3 is 9.80 Å². The van der Waals surface area contributed by atoms with E-state index in [0.717, 1.165) is 21.3 Å². The lowest BCUT2D eigenvalue weighted by Crippen LogP contribution is -2.25. The van der Waals surface area contributed by atoms with Crippen LogP contribution < -0.4 is 9.80 Å². The molecule has 2 aliphatic heterocycles. The molecule has 0 spiro atoms. The van der Waals surface area contributed by atoms with E-state index in [-0.39, 0.29) is 18.2 Å². The van der Waals surface area contributed by atoms with Gasteiger partial charge in [0.05, 0.1) is 22.8 Å². The number of nitrogens with one attached hydrogen (secondary N) is 1. The van der Waals surface area contributed by atoms with Gasteiger partial charge in [0, 0.05) is 17.6 Å². The van der Waals surface area contributed by atoms with Crippen molar-refractivity contribution in [1.29, 1.82) is 5.41 Å². The Bertz CT molecular complexity index is 844. The summed E-state index contributed by atoms with van der Waals surface area (Å²) in [6.07, 6.45) is 0. The molecule has 2 heterocycles. The van der Waals surface area contributed by atoms with Crippen molar-refractivity contribution in [2.45, 2.75) is 4.90 Å². The fourth-order valence-corrected chi connectivity index (χ4v) is 4.15. The van der Waals surface area contributed by atoms with Crippen LogP contribution in [0.4, 0.5) is 11.4 Å². The van der Waals surface area contributed by atoms with Crippen LogP contribution in [0.3, 0.4) is 0 Å². The molecule has 0 unspecified atom stereocenters. The summed E-state index contributed by atoms with van der Waals surface area (Å²) in [4.78, 5) is 17.5. The molecule has 0 aromatic heterocycles. The average molecular weight is 321 g/mol. The van der Waals surface area contributed by atoms with Crippen LogP contribution >= 0.6 is 11.8 Å². The van der Waals surface area contributed by atoms with Gasteiger partial charge in [-0.2, -0.15) is 0 Å². The number of amidine groups is 1. The number of benzene rings is 2.